The predicted octanol–water partition coefficient (Wildman–Crippen LogP) is 2.74. The average Bonchev–Trinajstić information content (AvgIpc) is 2.76. The van der Waals surface area contributed by atoms with Gasteiger partial charge in [0.1, 0.15) is 16.2 Å². The summed E-state index contributed by atoms with van der Waals surface area (Å²) in [7, 11) is 1.23. The number of methoxy groups -OCH3 is 1. The lowest BCUT2D eigenvalue weighted by Gasteiger charge is -2.19. The van der Waals surface area contributed by atoms with Crippen LogP contribution in [0, 0.1) is 0 Å². The summed E-state index contributed by atoms with van der Waals surface area (Å²) in [6.07, 6.45) is 2.68. The van der Waals surface area contributed by atoms with Gasteiger partial charge in [-0.2, -0.15) is 0 Å². The minimum absolute atomic E-state index is 0.0108. The first-order chi connectivity index (χ1) is 9.74. The van der Waals surface area contributed by atoms with Crippen molar-refractivity contribution in [3.05, 3.63) is 22.8 Å². The van der Waals surface area contributed by atoms with Crippen LogP contribution >= 0.6 is 11.3 Å². The third kappa shape index (κ3) is 2.97. The van der Waals surface area contributed by atoms with Gasteiger partial charge in [0.2, 0.25) is 0 Å². The van der Waals surface area contributed by atoms with E-state index in [1.54, 1.807) is 20.8 Å². The molecule has 0 aliphatic heterocycles. The zero-order chi connectivity index (χ0) is 15.8. The fraction of sp³-hybridized carbons (Fsp3) is 0.357. The lowest BCUT2D eigenvalue weighted by atomic mass is 10.1. The number of hydrogen-bond acceptors (Lipinski definition) is 7. The Labute approximate surface area is 125 Å². The lowest BCUT2D eigenvalue weighted by Crippen LogP contribution is -2.24. The van der Waals surface area contributed by atoms with Crippen LogP contribution in [0.4, 0.5) is 0 Å². The molecule has 0 spiro atoms. The molecule has 2 aromatic rings. The Hall–Kier alpha value is -2.15. The number of nitrogens with zero attached hydrogens (tertiary/aromatic N) is 1. The van der Waals surface area contributed by atoms with E-state index in [-0.39, 0.29) is 21.6 Å². The summed E-state index contributed by atoms with van der Waals surface area (Å²) in [5.74, 6) is -1.52. The second-order valence-electron chi connectivity index (χ2n) is 5.33. The number of pyridine rings is 1. The van der Waals surface area contributed by atoms with Gasteiger partial charge in [0.25, 0.3) is 0 Å². The maximum atomic E-state index is 12.4. The van der Waals surface area contributed by atoms with Crippen molar-refractivity contribution < 1.29 is 24.2 Å². The highest BCUT2D eigenvalue weighted by Crippen LogP contribution is 2.37. The summed E-state index contributed by atoms with van der Waals surface area (Å²) in [5.41, 5.74) is -0.710. The number of fused-ring (bicyclic) bond motifs is 1. The highest BCUT2D eigenvalue weighted by atomic mass is 32.1. The highest BCUT2D eigenvalue weighted by molar-refractivity contribution is 7.21. The average molecular weight is 309 g/mol. The van der Waals surface area contributed by atoms with Gasteiger partial charge in [-0.25, -0.2) is 9.59 Å². The maximum absolute atomic E-state index is 12.4. The van der Waals surface area contributed by atoms with Crippen LogP contribution in [0.15, 0.2) is 12.4 Å². The van der Waals surface area contributed by atoms with E-state index in [9.17, 15) is 14.7 Å². The summed E-state index contributed by atoms with van der Waals surface area (Å²) >= 11 is 1.03. The molecule has 0 aliphatic carbocycles. The Bertz CT molecular complexity index is 714. The molecule has 0 atom stereocenters. The van der Waals surface area contributed by atoms with Gasteiger partial charge in [0.15, 0.2) is 0 Å². The molecule has 0 unspecified atom stereocenters. The summed E-state index contributed by atoms with van der Waals surface area (Å²) in [6, 6.07) is 0. The minimum atomic E-state index is -0.721. The van der Waals surface area contributed by atoms with Crippen molar-refractivity contribution in [2.45, 2.75) is 26.4 Å². The van der Waals surface area contributed by atoms with E-state index < -0.39 is 17.5 Å². The number of aromatic hydroxyl groups is 1. The largest absolute Gasteiger partial charge is 0.506 e. The first-order valence-corrected chi connectivity index (χ1v) is 6.97. The number of rotatable bonds is 2. The van der Waals surface area contributed by atoms with Gasteiger partial charge in [0.05, 0.1) is 29.0 Å². The Morgan fingerprint density at radius 2 is 1.90 bits per heavy atom. The van der Waals surface area contributed by atoms with Crippen LogP contribution < -0.4 is 0 Å². The molecule has 0 saturated carbocycles. The number of esters is 2. The van der Waals surface area contributed by atoms with Crippen molar-refractivity contribution in [1.29, 1.82) is 0 Å². The van der Waals surface area contributed by atoms with Crippen molar-refractivity contribution in [1.82, 2.24) is 4.98 Å². The van der Waals surface area contributed by atoms with Crippen molar-refractivity contribution in [3.63, 3.8) is 0 Å². The van der Waals surface area contributed by atoms with Crippen molar-refractivity contribution in [2.75, 3.05) is 7.11 Å². The maximum Gasteiger partial charge on any atom is 0.348 e. The molecular weight excluding hydrogens is 294 g/mol. The molecule has 0 radical (unpaired) electrons. The van der Waals surface area contributed by atoms with Gasteiger partial charge >= 0.3 is 11.9 Å². The second-order valence-corrected chi connectivity index (χ2v) is 6.38. The summed E-state index contributed by atoms with van der Waals surface area (Å²) in [6.45, 7) is 5.16. The third-order valence-corrected chi connectivity index (χ3v) is 3.66. The number of carbonyl (C=O) groups is 2. The Balaban J connectivity index is 2.68. The van der Waals surface area contributed by atoms with Crippen LogP contribution in [0.2, 0.25) is 0 Å². The van der Waals surface area contributed by atoms with E-state index in [0.717, 1.165) is 11.3 Å². The molecule has 2 rings (SSSR count). The summed E-state index contributed by atoms with van der Waals surface area (Å²) in [4.78, 5) is 28.2. The molecule has 2 heterocycles. The van der Waals surface area contributed by atoms with Crippen LogP contribution in [0.3, 0.4) is 0 Å². The number of ether oxygens (including phenoxy) is 2. The SMILES string of the molecule is COC(=O)c1sc2cncc(O)c2c1C(=O)OC(C)(C)C. The summed E-state index contributed by atoms with van der Waals surface area (Å²) < 4.78 is 10.5. The van der Waals surface area contributed by atoms with E-state index in [2.05, 4.69) is 9.72 Å². The van der Waals surface area contributed by atoms with E-state index >= 15 is 0 Å². The van der Waals surface area contributed by atoms with Crippen molar-refractivity contribution in [3.8, 4) is 5.75 Å². The second kappa shape index (κ2) is 5.33. The zero-order valence-electron chi connectivity index (χ0n) is 12.1. The molecule has 0 aromatic carbocycles. The molecule has 0 amide bonds. The molecule has 0 aliphatic rings. The molecule has 2 aromatic heterocycles. The van der Waals surface area contributed by atoms with Gasteiger partial charge in [-0.1, -0.05) is 0 Å². The molecular formula is C14H15NO5S. The molecule has 112 valence electrons. The lowest BCUT2D eigenvalue weighted by molar-refractivity contribution is 0.00682. The number of carbonyl (C=O) groups excluding carboxylic acids is 2. The summed E-state index contributed by atoms with van der Waals surface area (Å²) in [5, 5.41) is 10.2. The number of hydrogen-bond donors (Lipinski definition) is 1. The smallest absolute Gasteiger partial charge is 0.348 e. The van der Waals surface area contributed by atoms with E-state index in [0.29, 0.717) is 4.70 Å². The van der Waals surface area contributed by atoms with Gasteiger partial charge < -0.3 is 14.6 Å². The Morgan fingerprint density at radius 3 is 2.48 bits per heavy atom. The zero-order valence-corrected chi connectivity index (χ0v) is 12.9. The fourth-order valence-electron chi connectivity index (χ4n) is 1.79. The predicted molar refractivity (Wildman–Crippen MR) is 77.8 cm³/mol. The Morgan fingerprint density at radius 1 is 1.24 bits per heavy atom. The molecule has 1 N–H and O–H groups in total. The van der Waals surface area contributed by atoms with Crippen molar-refractivity contribution in [2.24, 2.45) is 0 Å². The molecule has 0 bridgehead atoms. The number of aromatic nitrogens is 1. The topological polar surface area (TPSA) is 85.7 Å². The molecule has 0 fully saturated rings. The third-order valence-electron chi connectivity index (χ3n) is 2.55. The molecule has 21 heavy (non-hydrogen) atoms. The van der Waals surface area contributed by atoms with Gasteiger partial charge in [-0.05, 0) is 20.8 Å². The highest BCUT2D eigenvalue weighted by Gasteiger charge is 2.29. The molecule has 6 nitrogen and oxygen atoms in total. The molecule has 7 heteroatoms. The first-order valence-electron chi connectivity index (χ1n) is 6.15. The minimum Gasteiger partial charge on any atom is -0.506 e. The van der Waals surface area contributed by atoms with E-state index in [4.69, 9.17) is 4.74 Å². The van der Waals surface area contributed by atoms with Crippen molar-refractivity contribution >= 4 is 33.4 Å². The monoisotopic (exact) mass is 309 g/mol. The normalized spacial score (nSPS) is 11.4. The van der Waals surface area contributed by atoms with Gasteiger partial charge in [-0.15, -0.1) is 11.3 Å². The Kier molecular flexibility index (Phi) is 3.87. The van der Waals surface area contributed by atoms with Crippen LogP contribution in [0.1, 0.15) is 40.8 Å². The number of thiophene rings is 1. The van der Waals surface area contributed by atoms with Crippen LogP contribution in [-0.4, -0.2) is 34.7 Å². The van der Waals surface area contributed by atoms with Crippen LogP contribution in [-0.2, 0) is 9.47 Å². The fourth-order valence-corrected chi connectivity index (χ4v) is 2.89. The quantitative estimate of drug-likeness (QED) is 0.858. The van der Waals surface area contributed by atoms with Crippen LogP contribution in [0.5, 0.6) is 5.75 Å². The standard InChI is InChI=1S/C14H15NO5S/c1-14(2,3)20-12(17)10-9-7(16)5-15-6-8(9)21-11(10)13(18)19-4/h5-6,16H,1-4H3. The van der Waals surface area contributed by atoms with E-state index in [1.165, 1.54) is 19.5 Å². The van der Waals surface area contributed by atoms with Gasteiger partial charge in [-0.3, -0.25) is 4.98 Å². The first kappa shape index (κ1) is 15.2. The van der Waals surface area contributed by atoms with Crippen LogP contribution in [0.25, 0.3) is 10.1 Å². The van der Waals surface area contributed by atoms with E-state index in [1.807, 2.05) is 0 Å². The molecule has 0 saturated heterocycles. The van der Waals surface area contributed by atoms with Gasteiger partial charge in [0, 0.05) is 6.20 Å².